The second kappa shape index (κ2) is 18.3. The Balaban J connectivity index is 1.19. The Morgan fingerprint density at radius 2 is 1.45 bits per heavy atom. The fourth-order valence-corrected chi connectivity index (χ4v) is 5.38. The summed E-state index contributed by atoms with van der Waals surface area (Å²) in [5.41, 5.74) is 1.20. The molecule has 2 aromatic heterocycles. The lowest BCUT2D eigenvalue weighted by Gasteiger charge is -2.13. The van der Waals surface area contributed by atoms with Gasteiger partial charge in [0.05, 0.1) is 19.0 Å². The number of carbonyl (C=O) groups excluding carboxylic acids is 1. The smallest absolute Gasteiger partial charge is 0.225 e. The third-order valence-corrected chi connectivity index (χ3v) is 7.72. The van der Waals surface area contributed by atoms with Gasteiger partial charge in [-0.2, -0.15) is 0 Å². The van der Waals surface area contributed by atoms with Gasteiger partial charge in [0.15, 0.2) is 17.0 Å². The van der Waals surface area contributed by atoms with Crippen molar-refractivity contribution in [3.8, 4) is 0 Å². The maximum absolute atomic E-state index is 12.5. The van der Waals surface area contributed by atoms with Gasteiger partial charge in [-0.25, -0.2) is 15.0 Å². The van der Waals surface area contributed by atoms with Crippen LogP contribution in [0.25, 0.3) is 11.2 Å². The Morgan fingerprint density at radius 1 is 0.868 bits per heavy atom. The maximum Gasteiger partial charge on any atom is 0.225 e. The van der Waals surface area contributed by atoms with Crippen LogP contribution < -0.4 is 5.32 Å². The number of nitrogens with one attached hydrogen (secondary N) is 1. The molecular formula is C30H51N5O3. The summed E-state index contributed by atoms with van der Waals surface area (Å²) >= 11 is 0. The van der Waals surface area contributed by atoms with E-state index in [9.17, 15) is 9.90 Å². The van der Waals surface area contributed by atoms with Crippen molar-refractivity contribution in [3.63, 3.8) is 0 Å². The molecule has 0 radical (unpaired) electrons. The predicted octanol–water partition coefficient (Wildman–Crippen LogP) is 7.48. The number of carbonyl (C=O) groups is 1. The van der Waals surface area contributed by atoms with Crippen LogP contribution in [-0.4, -0.2) is 43.2 Å². The van der Waals surface area contributed by atoms with Crippen molar-refractivity contribution in [3.05, 3.63) is 12.7 Å². The summed E-state index contributed by atoms with van der Waals surface area (Å²) in [5.74, 6) is 0.417. The number of aromatic nitrogens is 4. The van der Waals surface area contributed by atoms with Gasteiger partial charge in [0.1, 0.15) is 12.6 Å². The molecule has 1 saturated heterocycles. The van der Waals surface area contributed by atoms with E-state index in [1.165, 1.54) is 103 Å². The van der Waals surface area contributed by atoms with Gasteiger partial charge in [-0.1, -0.05) is 110 Å². The minimum Gasteiger partial charge on any atom is -0.394 e. The molecule has 0 saturated carbocycles. The normalized spacial score (nSPS) is 17.4. The molecule has 214 valence electrons. The van der Waals surface area contributed by atoms with Crippen LogP contribution in [0.5, 0.6) is 0 Å². The first kappa shape index (κ1) is 30.5. The van der Waals surface area contributed by atoms with Crippen LogP contribution >= 0.6 is 0 Å². The molecule has 0 aromatic carbocycles. The van der Waals surface area contributed by atoms with E-state index in [1.54, 1.807) is 6.33 Å². The highest BCUT2D eigenvalue weighted by Crippen LogP contribution is 2.31. The minimum absolute atomic E-state index is 0.0127. The maximum atomic E-state index is 12.5. The summed E-state index contributed by atoms with van der Waals surface area (Å²) in [5, 5.41) is 12.2. The summed E-state index contributed by atoms with van der Waals surface area (Å²) in [7, 11) is 0. The van der Waals surface area contributed by atoms with Gasteiger partial charge in [0, 0.05) is 6.42 Å². The number of rotatable bonds is 21. The Kier molecular flexibility index (Phi) is 14.7. The zero-order valence-electron chi connectivity index (χ0n) is 23.7. The number of hydrogen-bond donors (Lipinski definition) is 2. The number of imidazole rings is 1. The first-order chi connectivity index (χ1) is 18.7. The van der Waals surface area contributed by atoms with Crippen molar-refractivity contribution in [2.24, 2.45) is 0 Å². The standard InChI is InChI=1S/C30H51N5O3/c1-2-3-4-5-6-7-8-9-10-11-12-13-14-15-16-17-18-19-26(37)34-29-28-30(32-23-31-29)35(24-33-28)27-21-20-25(22-36)38-27/h23-25,27,36H,2-22H2,1H3,(H,31,32,34,37)/t25-,27+/m0/s1. The molecule has 0 aliphatic carbocycles. The van der Waals surface area contributed by atoms with Gasteiger partial charge in [-0.05, 0) is 19.3 Å². The average molecular weight is 530 g/mol. The highest BCUT2D eigenvalue weighted by atomic mass is 16.5. The molecule has 3 rings (SSSR count). The van der Waals surface area contributed by atoms with Crippen molar-refractivity contribution in [1.82, 2.24) is 19.5 Å². The van der Waals surface area contributed by atoms with Gasteiger partial charge in [-0.15, -0.1) is 0 Å². The van der Waals surface area contributed by atoms with Crippen molar-refractivity contribution in [1.29, 1.82) is 0 Å². The molecule has 2 aromatic rings. The summed E-state index contributed by atoms with van der Waals surface area (Å²) in [6.45, 7) is 2.29. The van der Waals surface area contributed by atoms with Crippen LogP contribution in [0.1, 0.15) is 142 Å². The zero-order chi connectivity index (χ0) is 26.8. The third-order valence-electron chi connectivity index (χ3n) is 7.72. The van der Waals surface area contributed by atoms with E-state index < -0.39 is 0 Å². The largest absolute Gasteiger partial charge is 0.394 e. The highest BCUT2D eigenvalue weighted by Gasteiger charge is 2.28. The summed E-state index contributed by atoms with van der Waals surface area (Å²) in [4.78, 5) is 25.5. The monoisotopic (exact) mass is 529 g/mol. The Labute approximate surface area is 229 Å². The number of hydrogen-bond acceptors (Lipinski definition) is 6. The van der Waals surface area contributed by atoms with Crippen molar-refractivity contribution in [2.75, 3.05) is 11.9 Å². The molecule has 0 bridgehead atoms. The number of fused-ring (bicyclic) bond motifs is 1. The number of amides is 1. The zero-order valence-corrected chi connectivity index (χ0v) is 23.7. The van der Waals surface area contributed by atoms with Crippen molar-refractivity contribution < 1.29 is 14.6 Å². The first-order valence-electron chi connectivity index (χ1n) is 15.5. The number of unbranched alkanes of at least 4 members (excludes halogenated alkanes) is 16. The molecule has 2 atom stereocenters. The van der Waals surface area contributed by atoms with E-state index in [1.807, 2.05) is 4.57 Å². The van der Waals surface area contributed by atoms with Crippen LogP contribution in [-0.2, 0) is 9.53 Å². The molecule has 2 N–H and O–H groups in total. The Morgan fingerprint density at radius 3 is 2.00 bits per heavy atom. The Hall–Kier alpha value is -2.06. The van der Waals surface area contributed by atoms with Gasteiger partial charge in [0.25, 0.3) is 0 Å². The van der Waals surface area contributed by atoms with Crippen LogP contribution in [0.2, 0.25) is 0 Å². The van der Waals surface area contributed by atoms with E-state index >= 15 is 0 Å². The minimum atomic E-state index is -0.203. The van der Waals surface area contributed by atoms with E-state index in [4.69, 9.17) is 4.74 Å². The number of aliphatic hydroxyl groups excluding tert-OH is 1. The molecule has 8 heteroatoms. The topological polar surface area (TPSA) is 102 Å². The van der Waals surface area contributed by atoms with E-state index in [0.717, 1.165) is 25.7 Å². The number of anilines is 1. The van der Waals surface area contributed by atoms with Crippen molar-refractivity contribution in [2.45, 2.75) is 148 Å². The van der Waals surface area contributed by atoms with Gasteiger partial charge >= 0.3 is 0 Å². The second-order valence-electron chi connectivity index (χ2n) is 11.0. The molecule has 1 fully saturated rings. The summed E-state index contributed by atoms with van der Waals surface area (Å²) < 4.78 is 7.71. The third kappa shape index (κ3) is 10.6. The molecule has 0 spiro atoms. The molecule has 8 nitrogen and oxygen atoms in total. The van der Waals surface area contributed by atoms with Gasteiger partial charge in [0.2, 0.25) is 5.91 Å². The van der Waals surface area contributed by atoms with Crippen LogP contribution in [0.15, 0.2) is 12.7 Å². The van der Waals surface area contributed by atoms with Crippen LogP contribution in [0, 0.1) is 0 Å². The lowest BCUT2D eigenvalue weighted by molar-refractivity contribution is -0.116. The van der Waals surface area contributed by atoms with E-state index in [2.05, 4.69) is 27.2 Å². The fraction of sp³-hybridized carbons (Fsp3) is 0.800. The molecule has 3 heterocycles. The van der Waals surface area contributed by atoms with Crippen LogP contribution in [0.4, 0.5) is 5.82 Å². The van der Waals surface area contributed by atoms with Gasteiger partial charge in [-0.3, -0.25) is 9.36 Å². The van der Waals surface area contributed by atoms with Crippen LogP contribution in [0.3, 0.4) is 0 Å². The van der Waals surface area contributed by atoms with Gasteiger partial charge < -0.3 is 15.2 Å². The first-order valence-corrected chi connectivity index (χ1v) is 15.5. The average Bonchev–Trinajstić information content (AvgIpc) is 3.58. The lowest BCUT2D eigenvalue weighted by Crippen LogP contribution is -2.15. The number of aliphatic hydroxyl groups is 1. The van der Waals surface area contributed by atoms with Crippen molar-refractivity contribution >= 4 is 22.9 Å². The number of ether oxygens (including phenoxy) is 1. The molecule has 1 aliphatic rings. The highest BCUT2D eigenvalue weighted by molar-refractivity contribution is 5.96. The lowest BCUT2D eigenvalue weighted by atomic mass is 10.0. The van der Waals surface area contributed by atoms with E-state index in [0.29, 0.717) is 23.4 Å². The SMILES string of the molecule is CCCCCCCCCCCCCCCCCCCC(=O)Nc1ncnc2c1ncn2[C@H]1CC[C@@H](CO)O1. The second-order valence-corrected chi connectivity index (χ2v) is 11.0. The summed E-state index contributed by atoms with van der Waals surface area (Å²) in [6.07, 6.45) is 27.4. The predicted molar refractivity (Wildman–Crippen MR) is 153 cm³/mol. The molecule has 0 unspecified atom stereocenters. The van der Waals surface area contributed by atoms with E-state index in [-0.39, 0.29) is 24.8 Å². The molecule has 1 amide bonds. The number of nitrogens with zero attached hydrogens (tertiary/aromatic N) is 4. The molecule has 38 heavy (non-hydrogen) atoms. The Bertz CT molecular complexity index is 918. The molecule has 1 aliphatic heterocycles. The summed E-state index contributed by atoms with van der Waals surface area (Å²) in [6, 6.07) is 0. The molecular weight excluding hydrogens is 478 g/mol. The quantitative estimate of drug-likeness (QED) is 0.163. The fourth-order valence-electron chi connectivity index (χ4n) is 5.38.